The van der Waals surface area contributed by atoms with Gasteiger partial charge in [0.1, 0.15) is 5.82 Å². The van der Waals surface area contributed by atoms with E-state index in [1.165, 1.54) is 0 Å². The first-order valence-corrected chi connectivity index (χ1v) is 4.99. The van der Waals surface area contributed by atoms with Gasteiger partial charge < -0.3 is 15.8 Å². The molecule has 0 saturated carbocycles. The van der Waals surface area contributed by atoms with Gasteiger partial charge in [-0.15, -0.1) is 0 Å². The van der Waals surface area contributed by atoms with Crippen LogP contribution in [-0.4, -0.2) is 27.0 Å². The highest BCUT2D eigenvalue weighted by atomic mass is 16.4. The second-order valence-corrected chi connectivity index (χ2v) is 3.61. The minimum atomic E-state index is -0.981. The molecule has 1 aromatic heterocycles. The number of hydrogen-bond acceptors (Lipinski definition) is 4. The third-order valence-corrected chi connectivity index (χ3v) is 2.20. The molecule has 1 amide bonds. The monoisotopic (exact) mass is 239 g/mol. The number of H-pyrrole nitrogens is 1. The van der Waals surface area contributed by atoms with E-state index in [2.05, 4.69) is 9.97 Å². The predicted molar refractivity (Wildman–Crippen MR) is 58.4 cm³/mol. The number of carboxylic acids is 1. The van der Waals surface area contributed by atoms with Gasteiger partial charge in [-0.1, -0.05) is 0 Å². The number of nitrogens with zero attached hydrogens (tertiary/aromatic N) is 1. The number of nitrogens with one attached hydrogen (secondary N) is 1. The number of aryl methyl sites for hydroxylation is 1. The van der Waals surface area contributed by atoms with Crippen LogP contribution in [0.4, 0.5) is 0 Å². The second-order valence-electron chi connectivity index (χ2n) is 3.61. The van der Waals surface area contributed by atoms with E-state index in [-0.39, 0.29) is 25.1 Å². The summed E-state index contributed by atoms with van der Waals surface area (Å²) in [5, 5.41) is 8.54. The minimum absolute atomic E-state index is 0.111. The number of hydrogen-bond donors (Lipinski definition) is 3. The summed E-state index contributed by atoms with van der Waals surface area (Å²) in [5.74, 6) is -1.38. The van der Waals surface area contributed by atoms with Gasteiger partial charge in [0.05, 0.1) is 6.42 Å². The summed E-state index contributed by atoms with van der Waals surface area (Å²) in [4.78, 5) is 39.1. The first-order valence-electron chi connectivity index (χ1n) is 4.99. The maximum Gasteiger partial charge on any atom is 0.303 e. The molecule has 0 aliphatic carbocycles. The Morgan fingerprint density at radius 3 is 2.59 bits per heavy atom. The molecular formula is C10H13N3O4. The van der Waals surface area contributed by atoms with Gasteiger partial charge in [-0.3, -0.25) is 14.4 Å². The summed E-state index contributed by atoms with van der Waals surface area (Å²) < 4.78 is 0. The van der Waals surface area contributed by atoms with E-state index in [1.807, 2.05) is 0 Å². The summed E-state index contributed by atoms with van der Waals surface area (Å²) in [7, 11) is 0. The average Bonchev–Trinajstić information content (AvgIpc) is 2.14. The number of nitrogens with two attached hydrogens (primary N) is 1. The zero-order valence-corrected chi connectivity index (χ0v) is 9.32. The number of carbonyl (C=O) groups is 2. The highest BCUT2D eigenvalue weighted by molar-refractivity contribution is 5.75. The van der Waals surface area contributed by atoms with E-state index < -0.39 is 17.4 Å². The van der Waals surface area contributed by atoms with Crippen molar-refractivity contribution in [3.63, 3.8) is 0 Å². The molecule has 0 radical (unpaired) electrons. The van der Waals surface area contributed by atoms with Crippen LogP contribution in [0.15, 0.2) is 4.79 Å². The molecule has 0 aliphatic rings. The van der Waals surface area contributed by atoms with E-state index in [0.29, 0.717) is 11.3 Å². The number of aliphatic carboxylic acids is 1. The van der Waals surface area contributed by atoms with E-state index in [1.54, 1.807) is 6.92 Å². The minimum Gasteiger partial charge on any atom is -0.481 e. The van der Waals surface area contributed by atoms with Gasteiger partial charge in [0.25, 0.3) is 5.56 Å². The van der Waals surface area contributed by atoms with Crippen LogP contribution in [0.1, 0.15) is 23.5 Å². The molecule has 7 heteroatoms. The van der Waals surface area contributed by atoms with Gasteiger partial charge in [-0.05, 0) is 13.3 Å². The number of amides is 1. The van der Waals surface area contributed by atoms with Crippen LogP contribution in [0, 0.1) is 6.92 Å². The van der Waals surface area contributed by atoms with E-state index in [9.17, 15) is 14.4 Å². The smallest absolute Gasteiger partial charge is 0.303 e. The van der Waals surface area contributed by atoms with Crippen LogP contribution >= 0.6 is 0 Å². The number of carboxylic acid groups (broad SMARTS) is 1. The van der Waals surface area contributed by atoms with Crippen molar-refractivity contribution in [1.82, 2.24) is 9.97 Å². The molecule has 92 valence electrons. The Bertz CT molecular complexity index is 507. The number of primary amides is 1. The Balaban J connectivity index is 2.98. The maximum atomic E-state index is 11.6. The van der Waals surface area contributed by atoms with Crippen molar-refractivity contribution in [3.05, 3.63) is 27.4 Å². The molecule has 1 heterocycles. The standard InChI is InChI=1S/C10H13N3O4/c1-5-6(2-3-9(15)16)10(17)13-8(12-5)4-7(11)14/h2-4H2,1H3,(H2,11,14)(H,15,16)(H,12,13,17). The van der Waals surface area contributed by atoms with Crippen LogP contribution in [0.2, 0.25) is 0 Å². The molecule has 17 heavy (non-hydrogen) atoms. The summed E-state index contributed by atoms with van der Waals surface area (Å²) in [6, 6.07) is 0. The third-order valence-electron chi connectivity index (χ3n) is 2.20. The van der Waals surface area contributed by atoms with Gasteiger partial charge in [0.2, 0.25) is 5.91 Å². The van der Waals surface area contributed by atoms with E-state index >= 15 is 0 Å². The summed E-state index contributed by atoms with van der Waals surface area (Å²) in [6.45, 7) is 1.59. The highest BCUT2D eigenvalue weighted by Crippen LogP contribution is 2.03. The molecule has 0 fully saturated rings. The Morgan fingerprint density at radius 1 is 1.47 bits per heavy atom. The normalized spacial score (nSPS) is 10.2. The fraction of sp³-hybridized carbons (Fsp3) is 0.400. The summed E-state index contributed by atoms with van der Waals surface area (Å²) in [6.07, 6.45) is -0.170. The average molecular weight is 239 g/mol. The van der Waals surface area contributed by atoms with Crippen molar-refractivity contribution >= 4 is 11.9 Å². The van der Waals surface area contributed by atoms with Crippen LogP contribution in [0.25, 0.3) is 0 Å². The Hall–Kier alpha value is -2.18. The topological polar surface area (TPSA) is 126 Å². The summed E-state index contributed by atoms with van der Waals surface area (Å²) in [5.41, 5.74) is 5.30. The molecule has 0 aromatic carbocycles. The van der Waals surface area contributed by atoms with Crippen molar-refractivity contribution in [2.24, 2.45) is 5.73 Å². The van der Waals surface area contributed by atoms with Gasteiger partial charge in [0, 0.05) is 17.7 Å². The van der Waals surface area contributed by atoms with Crippen molar-refractivity contribution < 1.29 is 14.7 Å². The van der Waals surface area contributed by atoms with Gasteiger partial charge in [-0.25, -0.2) is 4.98 Å². The van der Waals surface area contributed by atoms with Gasteiger partial charge in [0.15, 0.2) is 0 Å². The fourth-order valence-corrected chi connectivity index (χ4v) is 1.44. The lowest BCUT2D eigenvalue weighted by Gasteiger charge is -2.04. The van der Waals surface area contributed by atoms with Crippen LogP contribution in [0.5, 0.6) is 0 Å². The molecule has 4 N–H and O–H groups in total. The van der Waals surface area contributed by atoms with Crippen LogP contribution in [0.3, 0.4) is 0 Å². The Kier molecular flexibility index (Phi) is 3.97. The number of aromatic nitrogens is 2. The molecule has 0 bridgehead atoms. The Morgan fingerprint density at radius 2 is 2.12 bits per heavy atom. The number of aromatic amines is 1. The van der Waals surface area contributed by atoms with Crippen molar-refractivity contribution in [3.8, 4) is 0 Å². The fourth-order valence-electron chi connectivity index (χ4n) is 1.44. The molecule has 1 rings (SSSR count). The van der Waals surface area contributed by atoms with Crippen LogP contribution in [-0.2, 0) is 22.4 Å². The van der Waals surface area contributed by atoms with E-state index in [0.717, 1.165) is 0 Å². The molecule has 0 spiro atoms. The molecule has 0 unspecified atom stereocenters. The first-order chi connectivity index (χ1) is 7.90. The van der Waals surface area contributed by atoms with Gasteiger partial charge >= 0.3 is 5.97 Å². The van der Waals surface area contributed by atoms with Crippen LogP contribution < -0.4 is 11.3 Å². The molecule has 0 atom stereocenters. The molecule has 0 aliphatic heterocycles. The molecule has 1 aromatic rings. The maximum absolute atomic E-state index is 11.6. The Labute approximate surface area is 96.7 Å². The first kappa shape index (κ1) is 12.9. The zero-order chi connectivity index (χ0) is 13.0. The van der Waals surface area contributed by atoms with E-state index in [4.69, 9.17) is 10.8 Å². The lowest BCUT2D eigenvalue weighted by molar-refractivity contribution is -0.137. The summed E-state index contributed by atoms with van der Waals surface area (Å²) >= 11 is 0. The van der Waals surface area contributed by atoms with Gasteiger partial charge in [-0.2, -0.15) is 0 Å². The number of rotatable bonds is 5. The zero-order valence-electron chi connectivity index (χ0n) is 9.32. The number of carbonyl (C=O) groups excluding carboxylic acids is 1. The van der Waals surface area contributed by atoms with Crippen molar-refractivity contribution in [2.75, 3.05) is 0 Å². The largest absolute Gasteiger partial charge is 0.481 e. The SMILES string of the molecule is Cc1nc(CC(N)=O)[nH]c(=O)c1CCC(=O)O. The second kappa shape index (κ2) is 5.24. The predicted octanol–water partition coefficient (Wildman–Crippen LogP) is -0.877. The molecular weight excluding hydrogens is 226 g/mol. The lowest BCUT2D eigenvalue weighted by Crippen LogP contribution is -2.23. The third kappa shape index (κ3) is 3.71. The quantitative estimate of drug-likeness (QED) is 0.615. The molecule has 0 saturated heterocycles. The van der Waals surface area contributed by atoms with Crippen molar-refractivity contribution in [1.29, 1.82) is 0 Å². The lowest BCUT2D eigenvalue weighted by atomic mass is 10.1. The highest BCUT2D eigenvalue weighted by Gasteiger charge is 2.10. The van der Waals surface area contributed by atoms with Crippen molar-refractivity contribution in [2.45, 2.75) is 26.2 Å². The molecule has 7 nitrogen and oxygen atoms in total.